The summed E-state index contributed by atoms with van der Waals surface area (Å²) in [5, 5.41) is 0. The molecular weight excluding hydrogens is 493 g/mol. The standard InChI is InChI=1S/C16H17N2O2S.C2H6.CH4.Yb/c1-4-9-20-15(19)10-13-7-5-6-8-14(13)17-16-18(3)11-12(2)21-16;1-2;;/h4-8H,1,9-10H2,2-3H3;1-2H3;1H4;/q-1;;;. The van der Waals surface area contributed by atoms with Crippen LogP contribution in [0.5, 0.6) is 0 Å². The van der Waals surface area contributed by atoms with Crippen molar-refractivity contribution < 1.29 is 56.5 Å². The molecule has 0 radical (unpaired) electrons. The molecule has 0 spiro atoms. The van der Waals surface area contributed by atoms with E-state index in [-0.39, 0.29) is 73.3 Å². The molecule has 0 atom stereocenters. The largest absolute Gasteiger partial charge is 0.490 e. The SMILES string of the molecule is C.C=CCOC(=O)Cc1ccccc1N=c1sc(C)[c-]n1C.CC.[Yb]. The number of carbonyl (C=O) groups excluding carboxylic acids is 1. The van der Waals surface area contributed by atoms with Crippen molar-refractivity contribution in [3.05, 3.63) is 58.4 Å². The summed E-state index contributed by atoms with van der Waals surface area (Å²) in [5.41, 5.74) is 1.62. The summed E-state index contributed by atoms with van der Waals surface area (Å²) in [6, 6.07) is 7.58. The van der Waals surface area contributed by atoms with Crippen molar-refractivity contribution in [1.82, 2.24) is 4.57 Å². The molecule has 1 aromatic heterocycles. The van der Waals surface area contributed by atoms with E-state index in [0.29, 0.717) is 0 Å². The molecule has 4 nitrogen and oxygen atoms in total. The Balaban J connectivity index is 0. The number of rotatable bonds is 5. The molecule has 0 amide bonds. The minimum absolute atomic E-state index is 0. The topological polar surface area (TPSA) is 43.6 Å². The zero-order valence-corrected chi connectivity index (χ0v) is 16.9. The molecule has 0 aliphatic heterocycles. The van der Waals surface area contributed by atoms with Gasteiger partial charge < -0.3 is 14.3 Å². The maximum atomic E-state index is 11.7. The van der Waals surface area contributed by atoms with Crippen molar-refractivity contribution in [3.8, 4) is 0 Å². The van der Waals surface area contributed by atoms with Crippen molar-refractivity contribution in [2.75, 3.05) is 6.61 Å². The van der Waals surface area contributed by atoms with Gasteiger partial charge in [-0.3, -0.25) is 4.79 Å². The number of carbonyl (C=O) groups is 1. The second kappa shape index (κ2) is 14.5. The van der Waals surface area contributed by atoms with Crippen LogP contribution >= 0.6 is 11.3 Å². The molecule has 0 bridgehead atoms. The monoisotopic (exact) mass is 521 g/mol. The Bertz CT molecular complexity index is 720. The number of para-hydroxylation sites is 1. The van der Waals surface area contributed by atoms with Crippen molar-refractivity contribution >= 4 is 23.0 Å². The van der Waals surface area contributed by atoms with Gasteiger partial charge in [0.1, 0.15) is 6.61 Å². The first-order chi connectivity index (χ1) is 11.1. The molecule has 0 aliphatic rings. The van der Waals surface area contributed by atoms with Gasteiger partial charge in [0.25, 0.3) is 0 Å². The molecule has 0 unspecified atom stereocenters. The molecule has 1 heterocycles. The van der Waals surface area contributed by atoms with Gasteiger partial charge in [-0.25, -0.2) is 11.3 Å². The number of hydrogen-bond donors (Lipinski definition) is 0. The van der Waals surface area contributed by atoms with E-state index in [1.54, 1.807) is 17.4 Å². The summed E-state index contributed by atoms with van der Waals surface area (Å²) in [6.07, 6.45) is 4.91. The fourth-order valence-corrected chi connectivity index (χ4v) is 2.62. The van der Waals surface area contributed by atoms with E-state index in [4.69, 9.17) is 4.74 Å². The Morgan fingerprint density at radius 3 is 2.60 bits per heavy atom. The third-order valence-electron chi connectivity index (χ3n) is 2.76. The third kappa shape index (κ3) is 9.04. The zero-order chi connectivity index (χ0) is 17.2. The Labute approximate surface area is 193 Å². The van der Waals surface area contributed by atoms with Crippen LogP contribution in [0.2, 0.25) is 0 Å². The summed E-state index contributed by atoms with van der Waals surface area (Å²) in [4.78, 5) is 18.3. The second-order valence-corrected chi connectivity index (χ2v) is 5.68. The van der Waals surface area contributed by atoms with Gasteiger partial charge in [-0.15, -0.1) is 0 Å². The number of esters is 1. The average molecular weight is 521 g/mol. The van der Waals surface area contributed by atoms with E-state index in [9.17, 15) is 4.79 Å². The Morgan fingerprint density at radius 2 is 2.04 bits per heavy atom. The summed E-state index contributed by atoms with van der Waals surface area (Å²) in [5.74, 6) is -0.282. The molecule has 0 N–H and O–H groups in total. The van der Waals surface area contributed by atoms with E-state index < -0.39 is 0 Å². The number of aryl methyl sites for hydroxylation is 2. The summed E-state index contributed by atoms with van der Waals surface area (Å²) in [7, 11) is 1.91. The first kappa shape index (κ1) is 26.6. The van der Waals surface area contributed by atoms with Gasteiger partial charge in [-0.1, -0.05) is 57.0 Å². The first-order valence-electron chi connectivity index (χ1n) is 7.55. The number of thiazole rings is 1. The molecule has 0 aliphatic carbocycles. The summed E-state index contributed by atoms with van der Waals surface area (Å²) in [6.45, 7) is 9.74. The molecule has 0 saturated heterocycles. The summed E-state index contributed by atoms with van der Waals surface area (Å²) < 4.78 is 6.87. The van der Waals surface area contributed by atoms with Gasteiger partial charge >= 0.3 is 5.97 Å². The average Bonchev–Trinajstić information content (AvgIpc) is 2.87. The normalized spacial score (nSPS) is 9.84. The van der Waals surface area contributed by atoms with Gasteiger partial charge in [0.15, 0.2) is 0 Å². The molecule has 25 heavy (non-hydrogen) atoms. The van der Waals surface area contributed by atoms with E-state index in [1.807, 2.05) is 56.7 Å². The van der Waals surface area contributed by atoms with Crippen molar-refractivity contribution in [2.24, 2.45) is 12.0 Å². The minimum Gasteiger partial charge on any atom is -0.490 e. The predicted molar refractivity (Wildman–Crippen MR) is 101 cm³/mol. The van der Waals surface area contributed by atoms with Crippen LogP contribution in [0.3, 0.4) is 0 Å². The van der Waals surface area contributed by atoms with Crippen LogP contribution in [-0.4, -0.2) is 17.1 Å². The second-order valence-electron chi connectivity index (χ2n) is 4.50. The van der Waals surface area contributed by atoms with Crippen LogP contribution in [0.15, 0.2) is 41.9 Å². The fourth-order valence-electron chi connectivity index (χ4n) is 1.84. The number of hydrogen-bond acceptors (Lipinski definition) is 4. The Kier molecular flexibility index (Phi) is 15.5. The van der Waals surface area contributed by atoms with Crippen molar-refractivity contribution in [3.63, 3.8) is 0 Å². The third-order valence-corrected chi connectivity index (χ3v) is 3.71. The van der Waals surface area contributed by atoms with Gasteiger partial charge in [0.2, 0.25) is 0 Å². The van der Waals surface area contributed by atoms with Gasteiger partial charge in [0.05, 0.1) is 6.42 Å². The maximum absolute atomic E-state index is 11.7. The summed E-state index contributed by atoms with van der Waals surface area (Å²) >= 11 is 1.56. The Hall–Kier alpha value is -0.621. The van der Waals surface area contributed by atoms with Crippen LogP contribution in [0.4, 0.5) is 5.69 Å². The van der Waals surface area contributed by atoms with Crippen molar-refractivity contribution in [2.45, 2.75) is 34.6 Å². The van der Waals surface area contributed by atoms with Gasteiger partial charge in [-0.2, -0.15) is 6.20 Å². The molecule has 0 saturated carbocycles. The molecule has 6 heteroatoms. The molecule has 146 valence electrons. The molecule has 0 fully saturated rings. The smallest absolute Gasteiger partial charge is 0.310 e. The predicted octanol–water partition coefficient (Wildman–Crippen LogP) is 4.36. The number of benzene rings is 1. The quantitative estimate of drug-likeness (QED) is 0.334. The van der Waals surface area contributed by atoms with Crippen LogP contribution in [-0.2, 0) is 23.0 Å². The molecule has 2 aromatic rings. The molecule has 1 aromatic carbocycles. The zero-order valence-electron chi connectivity index (χ0n) is 14.4. The molecular formula is C19H27N2O2SYb-. The maximum Gasteiger partial charge on any atom is 0.310 e. The van der Waals surface area contributed by atoms with Crippen molar-refractivity contribution in [1.29, 1.82) is 0 Å². The van der Waals surface area contributed by atoms with E-state index in [1.165, 1.54) is 0 Å². The minimum atomic E-state index is -0.282. The van der Waals surface area contributed by atoms with Crippen LogP contribution in [0.25, 0.3) is 0 Å². The van der Waals surface area contributed by atoms with Crippen LogP contribution < -0.4 is 4.80 Å². The number of nitrogens with zero attached hydrogens (tertiary/aromatic N) is 2. The first-order valence-corrected chi connectivity index (χ1v) is 8.36. The van der Waals surface area contributed by atoms with Gasteiger partial charge in [0, 0.05) is 57.4 Å². The van der Waals surface area contributed by atoms with E-state index >= 15 is 0 Å². The van der Waals surface area contributed by atoms with E-state index in [2.05, 4.69) is 17.8 Å². The van der Waals surface area contributed by atoms with Crippen LogP contribution in [0.1, 0.15) is 31.7 Å². The number of aromatic nitrogens is 1. The molecule has 2 rings (SSSR count). The van der Waals surface area contributed by atoms with E-state index in [0.717, 1.165) is 20.9 Å². The number of ether oxygens (including phenoxy) is 1. The van der Waals surface area contributed by atoms with Gasteiger partial charge in [-0.05, 0) is 25.6 Å². The van der Waals surface area contributed by atoms with Crippen LogP contribution in [0, 0.1) is 60.0 Å². The Morgan fingerprint density at radius 1 is 1.40 bits per heavy atom. The fraction of sp³-hybridized carbons (Fsp3) is 0.368.